The highest BCUT2D eigenvalue weighted by atomic mass is 35.5. The first-order valence-electron chi connectivity index (χ1n) is 10.4. The second kappa shape index (κ2) is 9.50. The van der Waals surface area contributed by atoms with Gasteiger partial charge in [0.05, 0.1) is 42.6 Å². The Morgan fingerprint density at radius 1 is 1.18 bits per heavy atom. The number of halogens is 1. The van der Waals surface area contributed by atoms with Gasteiger partial charge in [-0.2, -0.15) is 5.10 Å². The molecule has 2 amide bonds. The monoisotopic (exact) mass is 469 g/mol. The van der Waals surface area contributed by atoms with E-state index in [9.17, 15) is 9.59 Å². The lowest BCUT2D eigenvalue weighted by Gasteiger charge is -2.21. The standard InChI is InChI=1S/C23H24ClN5O4/c1-14(15-4-6-17(7-5-15)29-13-25-12-26-29)27-23(31)16-8-22(30)28(11-16)19-9-18(24)20(32-2)10-21(19)33-3/h4-7,9-10,12-14,16H,8,11H2,1-3H3,(H,27,31)/t14-,16-/m0/s1. The molecule has 2 atom stereocenters. The molecule has 1 saturated heterocycles. The Bertz CT molecular complexity index is 1150. The van der Waals surface area contributed by atoms with E-state index in [4.69, 9.17) is 21.1 Å². The van der Waals surface area contributed by atoms with Crippen LogP contribution in [0.25, 0.3) is 5.69 Å². The Labute approximate surface area is 196 Å². The third kappa shape index (κ3) is 4.63. The van der Waals surface area contributed by atoms with Gasteiger partial charge in [0.25, 0.3) is 0 Å². The van der Waals surface area contributed by atoms with Gasteiger partial charge in [0, 0.05) is 19.0 Å². The molecule has 172 valence electrons. The Morgan fingerprint density at radius 3 is 2.55 bits per heavy atom. The molecule has 9 nitrogen and oxygen atoms in total. The van der Waals surface area contributed by atoms with Crippen LogP contribution in [0.3, 0.4) is 0 Å². The number of rotatable bonds is 7. The molecule has 1 aliphatic rings. The van der Waals surface area contributed by atoms with Crippen LogP contribution in [-0.2, 0) is 9.59 Å². The van der Waals surface area contributed by atoms with E-state index in [1.54, 1.807) is 23.1 Å². The van der Waals surface area contributed by atoms with Gasteiger partial charge in [-0.25, -0.2) is 9.67 Å². The minimum Gasteiger partial charge on any atom is -0.495 e. The average molecular weight is 470 g/mol. The Balaban J connectivity index is 1.44. The second-order valence-corrected chi connectivity index (χ2v) is 8.13. The number of amides is 2. The van der Waals surface area contributed by atoms with Crippen molar-refractivity contribution < 1.29 is 19.1 Å². The van der Waals surface area contributed by atoms with Crippen molar-refractivity contribution >= 4 is 29.1 Å². The zero-order valence-corrected chi connectivity index (χ0v) is 19.2. The number of aromatic nitrogens is 3. The summed E-state index contributed by atoms with van der Waals surface area (Å²) >= 11 is 6.26. The van der Waals surface area contributed by atoms with Crippen LogP contribution in [-0.4, -0.2) is 47.3 Å². The maximum atomic E-state index is 12.9. The van der Waals surface area contributed by atoms with Crippen LogP contribution in [0.5, 0.6) is 11.5 Å². The molecular formula is C23H24ClN5O4. The van der Waals surface area contributed by atoms with Crippen LogP contribution in [0.1, 0.15) is 24.9 Å². The van der Waals surface area contributed by atoms with Crippen LogP contribution < -0.4 is 19.7 Å². The Morgan fingerprint density at radius 2 is 1.91 bits per heavy atom. The zero-order valence-electron chi connectivity index (χ0n) is 18.5. The van der Waals surface area contributed by atoms with E-state index in [0.29, 0.717) is 22.2 Å². The largest absolute Gasteiger partial charge is 0.495 e. The third-order valence-corrected chi connectivity index (χ3v) is 5.97. The lowest BCUT2D eigenvalue weighted by molar-refractivity contribution is -0.126. The van der Waals surface area contributed by atoms with Crippen LogP contribution in [0.15, 0.2) is 49.1 Å². The average Bonchev–Trinajstić information content (AvgIpc) is 3.49. The maximum Gasteiger partial charge on any atom is 0.227 e. The van der Waals surface area contributed by atoms with Gasteiger partial charge < -0.3 is 19.7 Å². The molecule has 2 heterocycles. The minimum atomic E-state index is -0.486. The summed E-state index contributed by atoms with van der Waals surface area (Å²) in [6, 6.07) is 10.7. The second-order valence-electron chi connectivity index (χ2n) is 7.73. The lowest BCUT2D eigenvalue weighted by Crippen LogP contribution is -2.34. The molecule has 0 bridgehead atoms. The molecule has 1 fully saturated rings. The van der Waals surface area contributed by atoms with Crippen molar-refractivity contribution in [3.05, 3.63) is 59.6 Å². The van der Waals surface area contributed by atoms with Crippen LogP contribution in [0.4, 0.5) is 5.69 Å². The molecule has 3 aromatic rings. The maximum absolute atomic E-state index is 12.9. The predicted octanol–water partition coefficient (Wildman–Crippen LogP) is 3.17. The van der Waals surface area contributed by atoms with E-state index < -0.39 is 5.92 Å². The Hall–Kier alpha value is -3.59. The van der Waals surface area contributed by atoms with Gasteiger partial charge in [-0.15, -0.1) is 0 Å². The summed E-state index contributed by atoms with van der Waals surface area (Å²) in [5.41, 5.74) is 2.33. The number of carbonyl (C=O) groups excluding carboxylic acids is 2. The van der Waals surface area contributed by atoms with Gasteiger partial charge in [0.2, 0.25) is 11.8 Å². The lowest BCUT2D eigenvalue weighted by atomic mass is 10.0. The van der Waals surface area contributed by atoms with Gasteiger partial charge >= 0.3 is 0 Å². The normalized spacial score (nSPS) is 16.5. The number of hydrogen-bond acceptors (Lipinski definition) is 6. The van der Waals surface area contributed by atoms with E-state index >= 15 is 0 Å². The first-order valence-corrected chi connectivity index (χ1v) is 10.8. The first-order chi connectivity index (χ1) is 15.9. The summed E-state index contributed by atoms with van der Waals surface area (Å²) in [6.07, 6.45) is 3.20. The van der Waals surface area contributed by atoms with Gasteiger partial charge in [0.1, 0.15) is 24.2 Å². The molecular weight excluding hydrogens is 446 g/mol. The molecule has 4 rings (SSSR count). The van der Waals surface area contributed by atoms with Crippen molar-refractivity contribution in [3.8, 4) is 17.2 Å². The summed E-state index contributed by atoms with van der Waals surface area (Å²) in [7, 11) is 3.01. The quantitative estimate of drug-likeness (QED) is 0.570. The predicted molar refractivity (Wildman–Crippen MR) is 123 cm³/mol. The number of nitrogens with one attached hydrogen (secondary N) is 1. The van der Waals surface area contributed by atoms with Crippen LogP contribution in [0, 0.1) is 5.92 Å². The van der Waals surface area contributed by atoms with Crippen molar-refractivity contribution in [2.75, 3.05) is 25.7 Å². The molecule has 0 radical (unpaired) electrons. The Kier molecular flexibility index (Phi) is 6.50. The number of nitrogens with zero attached hydrogens (tertiary/aromatic N) is 4. The first kappa shape index (κ1) is 22.6. The topological polar surface area (TPSA) is 98.6 Å². The van der Waals surface area contributed by atoms with Crippen molar-refractivity contribution in [1.82, 2.24) is 20.1 Å². The summed E-state index contributed by atoms with van der Waals surface area (Å²) in [6.45, 7) is 2.14. The number of benzene rings is 2. The fraction of sp³-hybridized carbons (Fsp3) is 0.304. The summed E-state index contributed by atoms with van der Waals surface area (Å²) < 4.78 is 12.3. The van der Waals surface area contributed by atoms with E-state index in [-0.39, 0.29) is 30.8 Å². The van der Waals surface area contributed by atoms with Crippen molar-refractivity contribution in [2.45, 2.75) is 19.4 Å². The molecule has 0 aliphatic carbocycles. The summed E-state index contributed by atoms with van der Waals surface area (Å²) in [5, 5.41) is 7.47. The van der Waals surface area contributed by atoms with Gasteiger partial charge in [-0.3, -0.25) is 9.59 Å². The van der Waals surface area contributed by atoms with Gasteiger partial charge in [-0.1, -0.05) is 23.7 Å². The molecule has 1 aromatic heterocycles. The fourth-order valence-electron chi connectivity index (χ4n) is 3.84. The summed E-state index contributed by atoms with van der Waals surface area (Å²) in [5.74, 6) is 0.0603. The molecule has 1 N–H and O–H groups in total. The molecule has 1 aliphatic heterocycles. The SMILES string of the molecule is COc1cc(OC)c(N2C[C@@H](C(=O)N[C@@H](C)c3ccc(-n4cncn4)cc3)CC2=O)cc1Cl. The molecule has 0 spiro atoms. The van der Waals surface area contributed by atoms with Crippen LogP contribution >= 0.6 is 11.6 Å². The molecule has 0 unspecified atom stereocenters. The van der Waals surface area contributed by atoms with Crippen LogP contribution in [0.2, 0.25) is 5.02 Å². The smallest absolute Gasteiger partial charge is 0.227 e. The zero-order chi connectivity index (χ0) is 23.5. The molecule has 10 heteroatoms. The number of methoxy groups -OCH3 is 2. The van der Waals surface area contributed by atoms with Crippen molar-refractivity contribution in [1.29, 1.82) is 0 Å². The van der Waals surface area contributed by atoms with Crippen molar-refractivity contribution in [3.63, 3.8) is 0 Å². The molecule has 0 saturated carbocycles. The van der Waals surface area contributed by atoms with Gasteiger partial charge in [0.15, 0.2) is 0 Å². The van der Waals surface area contributed by atoms with E-state index in [1.165, 1.54) is 25.4 Å². The minimum absolute atomic E-state index is 0.108. The number of anilines is 1. The highest BCUT2D eigenvalue weighted by Crippen LogP contribution is 2.40. The van der Waals surface area contributed by atoms with Gasteiger partial charge in [-0.05, 0) is 30.7 Å². The van der Waals surface area contributed by atoms with E-state index in [2.05, 4.69) is 15.4 Å². The highest BCUT2D eigenvalue weighted by Gasteiger charge is 2.37. The number of carbonyl (C=O) groups is 2. The molecule has 2 aromatic carbocycles. The molecule has 33 heavy (non-hydrogen) atoms. The summed E-state index contributed by atoms with van der Waals surface area (Å²) in [4.78, 5) is 31.1. The van der Waals surface area contributed by atoms with E-state index in [1.807, 2.05) is 31.2 Å². The van der Waals surface area contributed by atoms with Crippen molar-refractivity contribution in [2.24, 2.45) is 5.92 Å². The number of hydrogen-bond donors (Lipinski definition) is 1. The highest BCUT2D eigenvalue weighted by molar-refractivity contribution is 6.32. The van der Waals surface area contributed by atoms with E-state index in [0.717, 1.165) is 11.3 Å². The number of ether oxygens (including phenoxy) is 2. The fourth-order valence-corrected chi connectivity index (χ4v) is 4.08. The third-order valence-electron chi connectivity index (χ3n) is 5.68.